The maximum atomic E-state index is 2.42. The van der Waals surface area contributed by atoms with Crippen LogP contribution in [0, 0.1) is 0 Å². The number of fused-ring (bicyclic) bond motifs is 9. The minimum absolute atomic E-state index is 0.0365. The third-order valence-electron chi connectivity index (χ3n) is 12.0. The van der Waals surface area contributed by atoms with Crippen LogP contribution in [0.4, 0.5) is 0 Å². The average Bonchev–Trinajstić information content (AvgIpc) is 3.43. The Morgan fingerprint density at radius 2 is 0.811 bits per heavy atom. The van der Waals surface area contributed by atoms with Crippen LogP contribution in [0.1, 0.15) is 25.0 Å². The number of rotatable bonds is 3. The Morgan fingerprint density at radius 3 is 1.51 bits per heavy atom. The van der Waals surface area contributed by atoms with Crippen LogP contribution < -0.4 is 0 Å². The fourth-order valence-corrected chi connectivity index (χ4v) is 9.43. The second-order valence-corrected chi connectivity index (χ2v) is 15.2. The predicted octanol–water partition coefficient (Wildman–Crippen LogP) is 14.8. The van der Waals surface area contributed by atoms with Crippen molar-refractivity contribution in [3.63, 3.8) is 0 Å². The SMILES string of the molecule is CC1(C)c2ccc(-c3ccc(-c4c5ccccc5c(-c5cccc6c5ccc5ccccc56)c5ccccc45)cc3)cc2-c2cc3ccccc3cc21. The minimum Gasteiger partial charge on any atom is -0.0616 e. The van der Waals surface area contributed by atoms with E-state index in [-0.39, 0.29) is 5.41 Å². The molecule has 0 bridgehead atoms. The summed E-state index contributed by atoms with van der Waals surface area (Å²) in [6, 6.07) is 67.9. The summed E-state index contributed by atoms with van der Waals surface area (Å²) in [6.07, 6.45) is 0. The lowest BCUT2D eigenvalue weighted by Gasteiger charge is -2.22. The molecule has 0 radical (unpaired) electrons. The van der Waals surface area contributed by atoms with Crippen LogP contribution >= 0.6 is 0 Å². The lowest BCUT2D eigenvalue weighted by atomic mass is 9.81. The Kier molecular flexibility index (Phi) is 6.40. The summed E-state index contributed by atoms with van der Waals surface area (Å²) in [7, 11) is 0. The molecular formula is C53H36. The molecule has 0 spiro atoms. The number of hydrogen-bond donors (Lipinski definition) is 0. The Hall–Kier alpha value is -6.50. The Bertz CT molecular complexity index is 3060. The van der Waals surface area contributed by atoms with Crippen molar-refractivity contribution in [1.82, 2.24) is 0 Å². The van der Waals surface area contributed by atoms with E-state index in [0.29, 0.717) is 0 Å². The fourth-order valence-electron chi connectivity index (χ4n) is 9.43. The molecule has 0 unspecified atom stereocenters. The van der Waals surface area contributed by atoms with E-state index in [4.69, 9.17) is 0 Å². The number of hydrogen-bond acceptors (Lipinski definition) is 0. The quantitative estimate of drug-likeness (QED) is 0.129. The zero-order valence-corrected chi connectivity index (χ0v) is 29.8. The summed E-state index contributed by atoms with van der Waals surface area (Å²) in [5.74, 6) is 0. The maximum Gasteiger partial charge on any atom is 0.0159 e. The van der Waals surface area contributed by atoms with E-state index in [1.807, 2.05) is 0 Å². The fraction of sp³-hybridized carbons (Fsp3) is 0.0566. The highest BCUT2D eigenvalue weighted by molar-refractivity contribution is 6.24. The predicted molar refractivity (Wildman–Crippen MR) is 228 cm³/mol. The molecule has 0 atom stereocenters. The van der Waals surface area contributed by atoms with Crippen molar-refractivity contribution in [3.05, 3.63) is 193 Å². The highest BCUT2D eigenvalue weighted by Crippen LogP contribution is 2.51. The summed E-state index contributed by atoms with van der Waals surface area (Å²) in [5, 5.41) is 12.8. The molecule has 53 heavy (non-hydrogen) atoms. The molecule has 0 heterocycles. The molecule has 0 nitrogen and oxygen atoms in total. The van der Waals surface area contributed by atoms with Gasteiger partial charge in [-0.25, -0.2) is 0 Å². The summed E-state index contributed by atoms with van der Waals surface area (Å²) >= 11 is 0. The Labute approximate surface area is 309 Å². The first-order chi connectivity index (χ1) is 26.0. The smallest absolute Gasteiger partial charge is 0.0159 e. The third kappa shape index (κ3) is 4.42. The highest BCUT2D eigenvalue weighted by atomic mass is 14.4. The largest absolute Gasteiger partial charge is 0.0616 e. The van der Waals surface area contributed by atoms with Gasteiger partial charge in [-0.15, -0.1) is 0 Å². The van der Waals surface area contributed by atoms with Gasteiger partial charge in [0.1, 0.15) is 0 Å². The second-order valence-electron chi connectivity index (χ2n) is 15.2. The van der Waals surface area contributed by atoms with Crippen LogP contribution in [-0.4, -0.2) is 0 Å². The van der Waals surface area contributed by atoms with Gasteiger partial charge < -0.3 is 0 Å². The van der Waals surface area contributed by atoms with Crippen molar-refractivity contribution >= 4 is 53.9 Å². The Balaban J connectivity index is 1.07. The van der Waals surface area contributed by atoms with E-state index >= 15 is 0 Å². The van der Waals surface area contributed by atoms with Crippen LogP contribution in [0.25, 0.3) is 98.4 Å². The molecule has 10 aromatic rings. The molecule has 0 amide bonds. The van der Waals surface area contributed by atoms with Gasteiger partial charge in [-0.05, 0) is 128 Å². The molecule has 248 valence electrons. The van der Waals surface area contributed by atoms with Crippen molar-refractivity contribution < 1.29 is 0 Å². The van der Waals surface area contributed by atoms with E-state index < -0.39 is 0 Å². The van der Waals surface area contributed by atoms with Gasteiger partial charge in [-0.3, -0.25) is 0 Å². The molecule has 0 aromatic heterocycles. The van der Waals surface area contributed by atoms with Gasteiger partial charge in [0, 0.05) is 5.41 Å². The van der Waals surface area contributed by atoms with E-state index in [1.165, 1.54) is 109 Å². The topological polar surface area (TPSA) is 0 Å². The molecule has 1 aliphatic carbocycles. The van der Waals surface area contributed by atoms with Gasteiger partial charge in [0.05, 0.1) is 0 Å². The molecule has 10 aromatic carbocycles. The monoisotopic (exact) mass is 672 g/mol. The van der Waals surface area contributed by atoms with Crippen molar-refractivity contribution in [3.8, 4) is 44.5 Å². The van der Waals surface area contributed by atoms with Crippen LogP contribution in [0.2, 0.25) is 0 Å². The normalized spacial score (nSPS) is 13.2. The minimum atomic E-state index is -0.0365. The summed E-state index contributed by atoms with van der Waals surface area (Å²) in [5.41, 5.74) is 13.1. The van der Waals surface area contributed by atoms with E-state index in [0.717, 1.165) is 0 Å². The Morgan fingerprint density at radius 1 is 0.283 bits per heavy atom. The van der Waals surface area contributed by atoms with Gasteiger partial charge in [-0.2, -0.15) is 0 Å². The first-order valence-electron chi connectivity index (χ1n) is 18.7. The van der Waals surface area contributed by atoms with Gasteiger partial charge in [0.15, 0.2) is 0 Å². The average molecular weight is 673 g/mol. The van der Waals surface area contributed by atoms with Gasteiger partial charge in [0.2, 0.25) is 0 Å². The molecule has 0 saturated carbocycles. The lowest BCUT2D eigenvalue weighted by molar-refractivity contribution is 0.661. The van der Waals surface area contributed by atoms with Crippen LogP contribution in [0.3, 0.4) is 0 Å². The van der Waals surface area contributed by atoms with Crippen molar-refractivity contribution in [2.75, 3.05) is 0 Å². The standard InChI is InChI=1S/C53H36/c1-53(2)49-29-27-38(31-47(49)48-30-36-13-3-4-14-37(36)32-50(48)53)33-22-24-35(25-23-33)51-43-16-7-9-18-45(43)52(46-19-10-8-17-44(46)51)42-21-11-20-40-39-15-6-5-12-34(39)26-28-41(40)42/h3-32H,1-2H3. The zero-order valence-electron chi connectivity index (χ0n) is 29.8. The van der Waals surface area contributed by atoms with Crippen LogP contribution in [-0.2, 0) is 5.41 Å². The van der Waals surface area contributed by atoms with E-state index in [2.05, 4.69) is 196 Å². The summed E-state index contributed by atoms with van der Waals surface area (Å²) in [4.78, 5) is 0. The molecule has 0 N–H and O–H groups in total. The number of benzene rings is 10. The molecule has 11 rings (SSSR count). The second kappa shape index (κ2) is 11.2. The van der Waals surface area contributed by atoms with Crippen molar-refractivity contribution in [2.24, 2.45) is 0 Å². The van der Waals surface area contributed by atoms with E-state index in [1.54, 1.807) is 0 Å². The maximum absolute atomic E-state index is 2.42. The van der Waals surface area contributed by atoms with E-state index in [9.17, 15) is 0 Å². The highest BCUT2D eigenvalue weighted by Gasteiger charge is 2.35. The molecule has 0 fully saturated rings. The zero-order chi connectivity index (χ0) is 35.3. The molecule has 0 heteroatoms. The molecule has 1 aliphatic rings. The lowest BCUT2D eigenvalue weighted by Crippen LogP contribution is -2.14. The van der Waals surface area contributed by atoms with Gasteiger partial charge >= 0.3 is 0 Å². The van der Waals surface area contributed by atoms with Crippen molar-refractivity contribution in [1.29, 1.82) is 0 Å². The summed E-state index contributed by atoms with van der Waals surface area (Å²) in [6.45, 7) is 4.73. The molecule has 0 aliphatic heterocycles. The van der Waals surface area contributed by atoms with Crippen LogP contribution in [0.5, 0.6) is 0 Å². The first-order valence-corrected chi connectivity index (χ1v) is 18.7. The first kappa shape index (κ1) is 30.2. The molecular weight excluding hydrogens is 637 g/mol. The van der Waals surface area contributed by atoms with Gasteiger partial charge in [0.25, 0.3) is 0 Å². The van der Waals surface area contributed by atoms with Crippen LogP contribution in [0.15, 0.2) is 182 Å². The van der Waals surface area contributed by atoms with Gasteiger partial charge in [-0.1, -0.05) is 178 Å². The third-order valence-corrected chi connectivity index (χ3v) is 12.0. The molecule has 0 saturated heterocycles. The summed E-state index contributed by atoms with van der Waals surface area (Å²) < 4.78 is 0. The van der Waals surface area contributed by atoms with Crippen molar-refractivity contribution in [2.45, 2.75) is 19.3 Å².